The summed E-state index contributed by atoms with van der Waals surface area (Å²) in [5.74, 6) is 2.58. The van der Waals surface area contributed by atoms with Gasteiger partial charge in [0.2, 0.25) is 0 Å². The molecule has 2 fully saturated rings. The Hall–Kier alpha value is 0.0100. The quantitative estimate of drug-likeness (QED) is 0.454. The van der Waals surface area contributed by atoms with Crippen molar-refractivity contribution in [3.05, 3.63) is 12.2 Å². The molecule has 0 N–H and O–H groups in total. The van der Waals surface area contributed by atoms with E-state index in [4.69, 9.17) is 0 Å². The highest BCUT2D eigenvalue weighted by Gasteiger charge is 2.26. The molecule has 148 valence electrons. The molecule has 0 aliphatic carbocycles. The van der Waals surface area contributed by atoms with Crippen molar-refractivity contribution in [2.24, 2.45) is 17.8 Å². The third-order valence-corrected chi connectivity index (χ3v) is 6.44. The van der Waals surface area contributed by atoms with Gasteiger partial charge in [-0.25, -0.2) is 0 Å². The Balaban J connectivity index is 0.00000151. The molecule has 0 aromatic carbocycles. The Morgan fingerprint density at radius 2 is 1.44 bits per heavy atom. The van der Waals surface area contributed by atoms with Crippen molar-refractivity contribution in [1.29, 1.82) is 0 Å². The Labute approximate surface area is 163 Å². The lowest BCUT2D eigenvalue weighted by Gasteiger charge is -2.37. The number of nitrogens with zero attached hydrogens (tertiary/aromatic N) is 2. The van der Waals surface area contributed by atoms with Gasteiger partial charge in [0.15, 0.2) is 0 Å². The fourth-order valence-electron chi connectivity index (χ4n) is 4.07. The standard InChI is InChI=1S/C20H38N2S.C2H6/c1-16(2)17(3)5-10-21-11-6-19(7-12-21)15-20-8-13-22(14-9-20)18(4)23;1-2/h16,18-20,23H,3,5-15H2,1-2,4H3;1-2H3. The number of rotatable bonds is 7. The van der Waals surface area contributed by atoms with E-state index in [0.29, 0.717) is 11.3 Å². The molecular weight excluding hydrogens is 324 g/mol. The highest BCUT2D eigenvalue weighted by molar-refractivity contribution is 7.80. The Bertz CT molecular complexity index is 351. The van der Waals surface area contributed by atoms with Gasteiger partial charge in [0.1, 0.15) is 0 Å². The minimum absolute atomic E-state index is 0.430. The van der Waals surface area contributed by atoms with Gasteiger partial charge < -0.3 is 4.90 Å². The third kappa shape index (κ3) is 8.49. The molecule has 2 rings (SSSR count). The van der Waals surface area contributed by atoms with Crippen molar-refractivity contribution >= 4 is 12.6 Å². The van der Waals surface area contributed by atoms with Gasteiger partial charge in [0, 0.05) is 11.9 Å². The van der Waals surface area contributed by atoms with Crippen LogP contribution in [0.25, 0.3) is 0 Å². The number of hydrogen-bond acceptors (Lipinski definition) is 3. The molecule has 0 radical (unpaired) electrons. The maximum atomic E-state index is 4.57. The van der Waals surface area contributed by atoms with Crippen molar-refractivity contribution in [1.82, 2.24) is 9.80 Å². The van der Waals surface area contributed by atoms with Crippen LogP contribution in [0.5, 0.6) is 0 Å². The monoisotopic (exact) mass is 368 g/mol. The summed E-state index contributed by atoms with van der Waals surface area (Å²) in [5, 5.41) is 0.430. The SMILES string of the molecule is C=C(CCN1CCC(CC2CCN(C(C)S)CC2)CC1)C(C)C.CC. The maximum Gasteiger partial charge on any atom is 0.0499 e. The van der Waals surface area contributed by atoms with E-state index < -0.39 is 0 Å². The van der Waals surface area contributed by atoms with Crippen molar-refractivity contribution < 1.29 is 0 Å². The molecule has 0 saturated carbocycles. The van der Waals surface area contributed by atoms with Crippen LogP contribution in [0.1, 0.15) is 73.1 Å². The van der Waals surface area contributed by atoms with Crippen molar-refractivity contribution in [2.75, 3.05) is 32.7 Å². The van der Waals surface area contributed by atoms with Crippen LogP contribution in [-0.4, -0.2) is 47.9 Å². The average Bonchev–Trinajstić information content (AvgIpc) is 2.63. The molecule has 25 heavy (non-hydrogen) atoms. The minimum atomic E-state index is 0.430. The highest BCUT2D eigenvalue weighted by atomic mass is 32.1. The van der Waals surface area contributed by atoms with Crippen LogP contribution in [0.15, 0.2) is 12.2 Å². The van der Waals surface area contributed by atoms with Crippen LogP contribution in [0.4, 0.5) is 0 Å². The van der Waals surface area contributed by atoms with Gasteiger partial charge >= 0.3 is 0 Å². The molecule has 0 bridgehead atoms. The van der Waals surface area contributed by atoms with Gasteiger partial charge in [-0.15, -0.1) is 0 Å². The van der Waals surface area contributed by atoms with Crippen LogP contribution < -0.4 is 0 Å². The lowest BCUT2D eigenvalue weighted by Crippen LogP contribution is -2.39. The van der Waals surface area contributed by atoms with E-state index in [9.17, 15) is 0 Å². The van der Waals surface area contributed by atoms with E-state index in [-0.39, 0.29) is 0 Å². The molecule has 1 atom stereocenters. The summed E-state index contributed by atoms with van der Waals surface area (Å²) in [6.07, 6.45) is 8.26. The first-order chi connectivity index (χ1) is 12.0. The number of thiol groups is 1. The zero-order chi connectivity index (χ0) is 18.8. The van der Waals surface area contributed by atoms with Gasteiger partial charge in [0.25, 0.3) is 0 Å². The summed E-state index contributed by atoms with van der Waals surface area (Å²) in [4.78, 5) is 5.18. The van der Waals surface area contributed by atoms with Gasteiger partial charge in [-0.05, 0) is 89.4 Å². The molecule has 0 spiro atoms. The summed E-state index contributed by atoms with van der Waals surface area (Å²) in [5.41, 5.74) is 1.41. The molecule has 3 heteroatoms. The summed E-state index contributed by atoms with van der Waals surface area (Å²) >= 11 is 4.57. The molecule has 0 aromatic heterocycles. The fraction of sp³-hybridized carbons (Fsp3) is 0.909. The smallest absolute Gasteiger partial charge is 0.0499 e. The topological polar surface area (TPSA) is 6.48 Å². The second kappa shape index (κ2) is 12.4. The molecule has 0 amide bonds. The van der Waals surface area contributed by atoms with Gasteiger partial charge in [-0.2, -0.15) is 12.6 Å². The predicted octanol–water partition coefficient (Wildman–Crippen LogP) is 5.70. The first kappa shape index (κ1) is 23.0. The highest BCUT2D eigenvalue weighted by Crippen LogP contribution is 2.30. The average molecular weight is 369 g/mol. The second-order valence-corrected chi connectivity index (χ2v) is 8.94. The van der Waals surface area contributed by atoms with Gasteiger partial charge in [-0.1, -0.05) is 39.8 Å². The van der Waals surface area contributed by atoms with Crippen LogP contribution >= 0.6 is 12.6 Å². The summed E-state index contributed by atoms with van der Waals surface area (Å²) in [6.45, 7) is 21.3. The Kier molecular flexibility index (Phi) is 11.4. The summed E-state index contributed by atoms with van der Waals surface area (Å²) in [7, 11) is 0. The first-order valence-corrected chi connectivity index (χ1v) is 11.3. The minimum Gasteiger partial charge on any atom is -0.303 e. The van der Waals surface area contributed by atoms with Gasteiger partial charge in [0.05, 0.1) is 0 Å². The first-order valence-electron chi connectivity index (χ1n) is 10.8. The lowest BCUT2D eigenvalue weighted by molar-refractivity contribution is 0.131. The van der Waals surface area contributed by atoms with E-state index in [1.54, 1.807) is 0 Å². The van der Waals surface area contributed by atoms with Crippen molar-refractivity contribution in [3.8, 4) is 0 Å². The maximum absolute atomic E-state index is 4.57. The molecule has 0 aromatic rings. The molecule has 2 aliphatic heterocycles. The van der Waals surface area contributed by atoms with Crippen LogP contribution in [-0.2, 0) is 0 Å². The molecule has 2 saturated heterocycles. The van der Waals surface area contributed by atoms with E-state index in [1.165, 1.54) is 76.8 Å². The summed E-state index contributed by atoms with van der Waals surface area (Å²) in [6, 6.07) is 0. The van der Waals surface area contributed by atoms with Crippen LogP contribution in [0.3, 0.4) is 0 Å². The third-order valence-electron chi connectivity index (χ3n) is 6.12. The van der Waals surface area contributed by atoms with Gasteiger partial charge in [-0.3, -0.25) is 4.90 Å². The zero-order valence-corrected chi connectivity index (χ0v) is 18.5. The number of piperidine rings is 2. The van der Waals surface area contributed by atoms with E-state index >= 15 is 0 Å². The molecule has 2 nitrogen and oxygen atoms in total. The Morgan fingerprint density at radius 1 is 0.960 bits per heavy atom. The second-order valence-electron chi connectivity index (χ2n) is 8.19. The lowest BCUT2D eigenvalue weighted by atomic mass is 9.82. The molecule has 2 heterocycles. The Morgan fingerprint density at radius 3 is 1.88 bits per heavy atom. The van der Waals surface area contributed by atoms with E-state index in [2.05, 4.69) is 49.8 Å². The van der Waals surface area contributed by atoms with Crippen LogP contribution in [0, 0.1) is 17.8 Å². The predicted molar refractivity (Wildman–Crippen MR) is 116 cm³/mol. The number of hydrogen-bond donors (Lipinski definition) is 1. The van der Waals surface area contributed by atoms with E-state index in [1.807, 2.05) is 13.8 Å². The zero-order valence-electron chi connectivity index (χ0n) is 17.6. The summed E-state index contributed by atoms with van der Waals surface area (Å²) < 4.78 is 0. The molecule has 2 aliphatic rings. The molecular formula is C22H44N2S. The van der Waals surface area contributed by atoms with E-state index in [0.717, 1.165) is 11.8 Å². The number of likely N-dealkylation sites (tertiary alicyclic amines) is 2. The van der Waals surface area contributed by atoms with Crippen LogP contribution in [0.2, 0.25) is 0 Å². The normalized spacial score (nSPS) is 22.5. The van der Waals surface area contributed by atoms with Crippen molar-refractivity contribution in [3.63, 3.8) is 0 Å². The van der Waals surface area contributed by atoms with Crippen molar-refractivity contribution in [2.45, 2.75) is 78.5 Å². The largest absolute Gasteiger partial charge is 0.303 e. The fourth-order valence-corrected chi connectivity index (χ4v) is 4.30. The molecule has 1 unspecified atom stereocenters.